The minimum Gasteiger partial charge on any atom is -0.537 e. The molecule has 3 fully saturated rings. The molecule has 60 heavy (non-hydrogen) atoms. The monoisotopic (exact) mass is 808 g/mol. The zero-order valence-corrected chi connectivity index (χ0v) is 34.1. The molecule has 1 unspecified atom stereocenters. The number of carbonyl (C=O) groups excluding carboxylic acids is 4. The molecule has 4 aliphatic heterocycles. The molecule has 1 radical (unpaired) electrons. The molecule has 0 spiro atoms. The minimum atomic E-state index is -0.962. The van der Waals surface area contributed by atoms with E-state index in [1.165, 1.54) is 11.1 Å². The summed E-state index contributed by atoms with van der Waals surface area (Å²) in [5, 5.41) is 11.3. The molecule has 0 saturated carbocycles. The lowest BCUT2D eigenvalue weighted by Gasteiger charge is -2.39. The van der Waals surface area contributed by atoms with Crippen molar-refractivity contribution in [2.75, 3.05) is 63.9 Å². The van der Waals surface area contributed by atoms with Crippen molar-refractivity contribution in [1.82, 2.24) is 20.0 Å². The molecule has 3 saturated heterocycles. The van der Waals surface area contributed by atoms with Crippen molar-refractivity contribution < 1.29 is 33.6 Å². The number of anilines is 1. The van der Waals surface area contributed by atoms with Crippen molar-refractivity contribution >= 4 is 48.1 Å². The molecule has 4 aliphatic rings. The summed E-state index contributed by atoms with van der Waals surface area (Å²) in [5.74, 6) is 0.0783. The smallest absolute Gasteiger partial charge is 0.537 e. The molecule has 4 aromatic carbocycles. The van der Waals surface area contributed by atoms with Crippen molar-refractivity contribution in [3.63, 3.8) is 0 Å². The number of allylic oxidation sites excluding steroid dienone is 1. The first-order chi connectivity index (χ1) is 29.3. The summed E-state index contributed by atoms with van der Waals surface area (Å²) in [7, 11) is 0.694. The van der Waals surface area contributed by atoms with Crippen LogP contribution in [-0.2, 0) is 9.59 Å². The molecule has 13 heteroatoms. The van der Waals surface area contributed by atoms with Crippen molar-refractivity contribution in [3.8, 4) is 11.5 Å². The summed E-state index contributed by atoms with van der Waals surface area (Å²) in [6.07, 6.45) is 3.20. The summed E-state index contributed by atoms with van der Waals surface area (Å²) in [6.45, 7) is 10.6. The van der Waals surface area contributed by atoms with E-state index in [4.69, 9.17) is 14.4 Å². The maximum Gasteiger partial charge on any atom is 0.569 e. The number of hydrogen-bond acceptors (Lipinski definition) is 10. The van der Waals surface area contributed by atoms with Gasteiger partial charge in [0.15, 0.2) is 0 Å². The van der Waals surface area contributed by atoms with Gasteiger partial charge in [-0.3, -0.25) is 34.3 Å². The van der Waals surface area contributed by atoms with Gasteiger partial charge >= 0.3 is 7.69 Å². The zero-order chi connectivity index (χ0) is 41.6. The van der Waals surface area contributed by atoms with E-state index in [-0.39, 0.29) is 18.7 Å². The van der Waals surface area contributed by atoms with Gasteiger partial charge in [-0.2, -0.15) is 0 Å². The van der Waals surface area contributed by atoms with E-state index in [0.717, 1.165) is 105 Å². The normalized spacial score (nSPS) is 19.5. The number of piperidine rings is 2. The van der Waals surface area contributed by atoms with Crippen LogP contribution in [0.4, 0.5) is 5.69 Å². The number of piperazine rings is 1. The fourth-order valence-electron chi connectivity index (χ4n) is 9.04. The number of nitrogens with zero attached hydrogens (tertiary/aromatic N) is 4. The van der Waals surface area contributed by atoms with Crippen LogP contribution in [0.15, 0.2) is 97.1 Å². The highest BCUT2D eigenvalue weighted by atomic mass is 16.5. The lowest BCUT2D eigenvalue weighted by atomic mass is 9.88. The van der Waals surface area contributed by atoms with Crippen LogP contribution in [0, 0.1) is 5.92 Å². The molecular formula is C47H51BN5O7. The maximum absolute atomic E-state index is 13.3. The Morgan fingerprint density at radius 2 is 1.38 bits per heavy atom. The van der Waals surface area contributed by atoms with Crippen LogP contribution in [0.25, 0.3) is 11.1 Å². The molecule has 309 valence electrons. The van der Waals surface area contributed by atoms with Gasteiger partial charge in [0.1, 0.15) is 24.1 Å². The van der Waals surface area contributed by atoms with Crippen LogP contribution in [-0.4, -0.2) is 116 Å². The van der Waals surface area contributed by atoms with Crippen molar-refractivity contribution in [3.05, 3.63) is 125 Å². The Morgan fingerprint density at radius 3 is 2.03 bits per heavy atom. The van der Waals surface area contributed by atoms with Crippen LogP contribution in [0.5, 0.6) is 11.5 Å². The summed E-state index contributed by atoms with van der Waals surface area (Å²) in [4.78, 5) is 58.9. The lowest BCUT2D eigenvalue weighted by Crippen LogP contribution is -2.54. The average molecular weight is 809 g/mol. The number of hydrogen-bond donors (Lipinski definition) is 2. The van der Waals surface area contributed by atoms with Crippen molar-refractivity contribution in [2.24, 2.45) is 5.92 Å². The van der Waals surface area contributed by atoms with Crippen LogP contribution in [0.2, 0.25) is 0 Å². The number of ether oxygens (including phenoxy) is 1. The summed E-state index contributed by atoms with van der Waals surface area (Å²) >= 11 is 0. The molecule has 4 amide bonds. The fraction of sp³-hybridized carbons (Fsp3) is 0.362. The Labute approximate surface area is 352 Å². The van der Waals surface area contributed by atoms with E-state index in [0.29, 0.717) is 37.1 Å². The third-order valence-corrected chi connectivity index (χ3v) is 12.3. The Hall–Kier alpha value is -5.76. The van der Waals surface area contributed by atoms with Gasteiger partial charge in [0.25, 0.3) is 11.8 Å². The van der Waals surface area contributed by atoms with Gasteiger partial charge in [0.05, 0.1) is 11.1 Å². The predicted octanol–water partition coefficient (Wildman–Crippen LogP) is 5.28. The van der Waals surface area contributed by atoms with Gasteiger partial charge in [-0.1, -0.05) is 61.5 Å². The summed E-state index contributed by atoms with van der Waals surface area (Å²) in [5.41, 5.74) is 7.29. The SMILES string of the molecule is CC/C(=C(\c1ccc(O[B]O)cc1)c1ccc(OCCN2CCN(CC3CCN(c4ccc5c(c4)C(=O)N(C4CCC(=O)NC4=O)C5=O)CC3)CC2)cc1)c1ccccc1. The van der Waals surface area contributed by atoms with Crippen LogP contribution < -0.4 is 19.6 Å². The highest BCUT2D eigenvalue weighted by molar-refractivity contribution is 6.23. The Balaban J connectivity index is 0.791. The first-order valence-electron chi connectivity index (χ1n) is 21.1. The molecule has 0 aromatic heterocycles. The van der Waals surface area contributed by atoms with E-state index in [9.17, 15) is 19.2 Å². The van der Waals surface area contributed by atoms with Crippen LogP contribution in [0.1, 0.15) is 76.4 Å². The molecule has 4 aromatic rings. The highest BCUT2D eigenvalue weighted by Gasteiger charge is 2.45. The second-order valence-electron chi connectivity index (χ2n) is 15.9. The predicted molar refractivity (Wildman–Crippen MR) is 231 cm³/mol. The van der Waals surface area contributed by atoms with Gasteiger partial charge in [0, 0.05) is 64.5 Å². The second-order valence-corrected chi connectivity index (χ2v) is 15.9. The quantitative estimate of drug-likeness (QED) is 0.0987. The van der Waals surface area contributed by atoms with Crippen molar-refractivity contribution in [2.45, 2.75) is 45.1 Å². The van der Waals surface area contributed by atoms with Gasteiger partial charge in [-0.25, -0.2) is 0 Å². The van der Waals surface area contributed by atoms with E-state index < -0.39 is 23.8 Å². The van der Waals surface area contributed by atoms with Crippen molar-refractivity contribution in [1.29, 1.82) is 0 Å². The molecule has 0 bridgehead atoms. The first-order valence-corrected chi connectivity index (χ1v) is 21.1. The maximum atomic E-state index is 13.3. The standard InChI is InChI=1S/C47H51BN5O7/c1-2-39(33-6-4-3-5-7-33)44(35-10-15-38(16-11-35)60-48-58)34-8-13-37(14-9-34)59-29-28-50-24-26-51(27-25-50)31-32-20-22-52(23-21-32)36-12-17-40-41(30-36)47(57)53(46(40)56)42-18-19-43(54)49-45(42)55/h3-17,30,32,42,58H,2,18-29,31H2,1H3,(H,49,54,55)/b44-39+. The van der Waals surface area contributed by atoms with E-state index >= 15 is 0 Å². The average Bonchev–Trinajstić information content (AvgIpc) is 3.52. The van der Waals surface area contributed by atoms with Gasteiger partial charge in [-0.05, 0) is 102 Å². The minimum absolute atomic E-state index is 0.100. The molecule has 4 heterocycles. The summed E-state index contributed by atoms with van der Waals surface area (Å²) < 4.78 is 11.4. The Kier molecular flexibility index (Phi) is 12.8. The fourth-order valence-corrected chi connectivity index (χ4v) is 9.04. The van der Waals surface area contributed by atoms with Gasteiger partial charge in [0.2, 0.25) is 11.8 Å². The first kappa shape index (κ1) is 41.0. The highest BCUT2D eigenvalue weighted by Crippen LogP contribution is 2.36. The molecule has 0 aliphatic carbocycles. The number of rotatable bonds is 14. The third-order valence-electron chi connectivity index (χ3n) is 12.3. The van der Waals surface area contributed by atoms with Gasteiger partial charge in [-0.15, -0.1) is 0 Å². The largest absolute Gasteiger partial charge is 0.569 e. The molecule has 2 N–H and O–H groups in total. The zero-order valence-electron chi connectivity index (χ0n) is 34.1. The topological polar surface area (TPSA) is 132 Å². The number of carbonyl (C=O) groups is 4. The number of amides is 4. The van der Waals surface area contributed by atoms with E-state index in [2.05, 4.69) is 75.5 Å². The molecule has 1 atom stereocenters. The molecule has 12 nitrogen and oxygen atoms in total. The second kappa shape index (κ2) is 18.7. The van der Waals surface area contributed by atoms with E-state index in [1.54, 1.807) is 12.1 Å². The number of fused-ring (bicyclic) bond motifs is 1. The van der Waals surface area contributed by atoms with Crippen LogP contribution >= 0.6 is 0 Å². The number of nitrogens with one attached hydrogen (secondary N) is 1. The Bertz CT molecular complexity index is 2220. The van der Waals surface area contributed by atoms with E-state index in [1.807, 2.05) is 36.4 Å². The molecule has 8 rings (SSSR count). The van der Waals surface area contributed by atoms with Crippen LogP contribution in [0.3, 0.4) is 0 Å². The van der Waals surface area contributed by atoms with Gasteiger partial charge < -0.3 is 24.2 Å². The summed E-state index contributed by atoms with van der Waals surface area (Å²) in [6, 6.07) is 31.0. The lowest BCUT2D eigenvalue weighted by molar-refractivity contribution is -0.136. The Morgan fingerprint density at radius 1 is 0.733 bits per heavy atom. The molecular weight excluding hydrogens is 757 g/mol. The number of benzene rings is 4. The number of imide groups is 2. The third kappa shape index (κ3) is 9.03.